The maximum atomic E-state index is 13.2. The van der Waals surface area contributed by atoms with E-state index in [9.17, 15) is 14.4 Å². The Labute approximate surface area is 219 Å². The Morgan fingerprint density at radius 1 is 1.11 bits per heavy atom. The second-order valence-corrected chi connectivity index (χ2v) is 11.9. The topological polar surface area (TPSA) is 110 Å². The number of nitrogens with one attached hydrogen (secondary N) is 3. The van der Waals surface area contributed by atoms with Crippen LogP contribution in [0.3, 0.4) is 0 Å². The SMILES string of the molecule is CN1CC2N=C(C(=O)N[C@@H]3C[C@@H](C(=O)N(C)C)CC[C@@H]3NC(=O)c3cc4cc(Cl)ccc4[nH]3)SC2C1. The fraction of sp³-hybridized carbons (Fsp3) is 0.520. The molecule has 5 atom stereocenters. The van der Waals surface area contributed by atoms with Crippen molar-refractivity contribution in [3.05, 3.63) is 35.0 Å². The lowest BCUT2D eigenvalue weighted by Gasteiger charge is -2.37. The number of aromatic nitrogens is 1. The second kappa shape index (κ2) is 10.1. The Kier molecular flexibility index (Phi) is 7.02. The zero-order chi connectivity index (χ0) is 25.6. The van der Waals surface area contributed by atoms with Crippen molar-refractivity contribution in [3.63, 3.8) is 0 Å². The van der Waals surface area contributed by atoms with E-state index in [1.807, 2.05) is 6.07 Å². The van der Waals surface area contributed by atoms with E-state index in [4.69, 9.17) is 11.6 Å². The van der Waals surface area contributed by atoms with Gasteiger partial charge in [-0.25, -0.2) is 0 Å². The zero-order valence-electron chi connectivity index (χ0n) is 20.6. The smallest absolute Gasteiger partial charge is 0.276 e. The minimum atomic E-state index is -0.380. The van der Waals surface area contributed by atoms with E-state index in [2.05, 4.69) is 32.6 Å². The van der Waals surface area contributed by atoms with Crippen LogP contribution in [0.5, 0.6) is 0 Å². The summed E-state index contributed by atoms with van der Waals surface area (Å²) in [4.78, 5) is 50.6. The van der Waals surface area contributed by atoms with E-state index in [-0.39, 0.29) is 41.8 Å². The van der Waals surface area contributed by atoms with Crippen molar-refractivity contribution in [1.82, 2.24) is 25.4 Å². The molecule has 1 saturated heterocycles. The van der Waals surface area contributed by atoms with E-state index < -0.39 is 0 Å². The largest absolute Gasteiger partial charge is 0.351 e. The number of thioether (sulfide) groups is 1. The van der Waals surface area contributed by atoms with E-state index in [0.29, 0.717) is 40.3 Å². The number of halogens is 1. The van der Waals surface area contributed by atoms with Crippen molar-refractivity contribution in [2.24, 2.45) is 10.9 Å². The number of carbonyl (C=O) groups is 3. The molecular weight excluding hydrogens is 500 g/mol. The van der Waals surface area contributed by atoms with Crippen molar-refractivity contribution < 1.29 is 14.4 Å². The number of likely N-dealkylation sites (N-methyl/N-ethyl adjacent to an activating group) is 1. The van der Waals surface area contributed by atoms with Crippen LogP contribution in [-0.2, 0) is 9.59 Å². The van der Waals surface area contributed by atoms with Gasteiger partial charge in [-0.2, -0.15) is 0 Å². The number of rotatable bonds is 5. The van der Waals surface area contributed by atoms with Crippen molar-refractivity contribution in [2.75, 3.05) is 34.2 Å². The molecule has 2 fully saturated rings. The molecule has 0 spiro atoms. The van der Waals surface area contributed by atoms with Gasteiger partial charge >= 0.3 is 0 Å². The van der Waals surface area contributed by atoms with Gasteiger partial charge in [0.25, 0.3) is 11.8 Å². The molecule has 1 aromatic heterocycles. The Balaban J connectivity index is 1.31. The van der Waals surface area contributed by atoms with Gasteiger partial charge in [0, 0.05) is 60.3 Å². The lowest BCUT2D eigenvalue weighted by Crippen LogP contribution is -2.56. The quantitative estimate of drug-likeness (QED) is 0.548. The van der Waals surface area contributed by atoms with Crippen LogP contribution >= 0.6 is 23.4 Å². The van der Waals surface area contributed by atoms with Crippen LogP contribution in [0.2, 0.25) is 5.02 Å². The average molecular weight is 531 g/mol. The molecule has 2 unspecified atom stereocenters. The first-order valence-electron chi connectivity index (χ1n) is 12.2. The molecule has 3 heterocycles. The van der Waals surface area contributed by atoms with Crippen molar-refractivity contribution in [1.29, 1.82) is 0 Å². The third kappa shape index (κ3) is 5.12. The molecule has 9 nitrogen and oxygen atoms in total. The number of aromatic amines is 1. The van der Waals surface area contributed by atoms with Gasteiger partial charge in [0.2, 0.25) is 5.91 Å². The molecule has 2 aromatic rings. The predicted molar refractivity (Wildman–Crippen MR) is 143 cm³/mol. The number of hydrogen-bond acceptors (Lipinski definition) is 6. The second-order valence-electron chi connectivity index (χ2n) is 10.2. The van der Waals surface area contributed by atoms with E-state index in [1.165, 1.54) is 11.8 Å². The van der Waals surface area contributed by atoms with E-state index in [1.54, 1.807) is 37.2 Å². The normalized spacial score (nSPS) is 28.0. The van der Waals surface area contributed by atoms with Gasteiger partial charge in [-0.05, 0) is 50.6 Å². The van der Waals surface area contributed by atoms with Gasteiger partial charge in [-0.1, -0.05) is 23.4 Å². The monoisotopic (exact) mass is 530 g/mol. The summed E-state index contributed by atoms with van der Waals surface area (Å²) in [6.07, 6.45) is 1.69. The molecule has 3 aliphatic rings. The molecule has 1 aromatic carbocycles. The third-order valence-electron chi connectivity index (χ3n) is 7.26. The van der Waals surface area contributed by atoms with Gasteiger partial charge < -0.3 is 25.4 Å². The number of benzene rings is 1. The van der Waals surface area contributed by atoms with Crippen LogP contribution in [0.1, 0.15) is 29.8 Å². The van der Waals surface area contributed by atoms with Gasteiger partial charge in [0.05, 0.1) is 12.1 Å². The standard InChI is InChI=1S/C25H31ClN6O3S/c1-31(2)25(35)13-4-6-17(28-22(33)19-10-14-8-15(26)5-7-16(14)27-19)18(9-13)29-23(34)24-30-20-11-32(3)12-21(20)36-24/h5,7-8,10,13,17-18,20-21,27H,4,6,9,11-12H2,1-3H3,(H,28,33)(H,29,34)/t13-,17-,18+,20?,21?/m0/s1. The van der Waals surface area contributed by atoms with Crippen molar-refractivity contribution in [2.45, 2.75) is 42.6 Å². The number of hydrogen-bond donors (Lipinski definition) is 3. The summed E-state index contributed by atoms with van der Waals surface area (Å²) < 4.78 is 0. The van der Waals surface area contributed by atoms with Gasteiger partial charge in [-0.3, -0.25) is 19.4 Å². The number of likely N-dealkylation sites (tertiary alicyclic amines) is 1. The Hall–Kier alpha value is -2.56. The Morgan fingerprint density at radius 2 is 1.89 bits per heavy atom. The highest BCUT2D eigenvalue weighted by molar-refractivity contribution is 8.16. The first kappa shape index (κ1) is 25.1. The highest BCUT2D eigenvalue weighted by Gasteiger charge is 2.41. The molecule has 192 valence electrons. The number of fused-ring (bicyclic) bond motifs is 2. The maximum Gasteiger partial charge on any atom is 0.276 e. The molecule has 0 radical (unpaired) electrons. The first-order valence-corrected chi connectivity index (χ1v) is 13.5. The summed E-state index contributed by atoms with van der Waals surface area (Å²) in [6.45, 7) is 1.76. The maximum absolute atomic E-state index is 13.2. The minimum absolute atomic E-state index is 0.0386. The summed E-state index contributed by atoms with van der Waals surface area (Å²) in [5.74, 6) is -0.648. The van der Waals surface area contributed by atoms with E-state index >= 15 is 0 Å². The highest BCUT2D eigenvalue weighted by atomic mass is 35.5. The minimum Gasteiger partial charge on any atom is -0.351 e. The fourth-order valence-electron chi connectivity index (χ4n) is 5.41. The zero-order valence-corrected chi connectivity index (χ0v) is 22.2. The molecule has 3 N–H and O–H groups in total. The van der Waals surface area contributed by atoms with Gasteiger partial charge in [0.15, 0.2) is 5.04 Å². The molecule has 0 bridgehead atoms. The number of carbonyl (C=O) groups excluding carboxylic acids is 3. The van der Waals surface area contributed by atoms with Crippen LogP contribution in [0.4, 0.5) is 0 Å². The molecule has 11 heteroatoms. The first-order chi connectivity index (χ1) is 17.2. The molecular formula is C25H31ClN6O3S. The van der Waals surface area contributed by atoms with Crippen LogP contribution in [0, 0.1) is 5.92 Å². The summed E-state index contributed by atoms with van der Waals surface area (Å²) in [5, 5.41) is 8.46. The fourth-order valence-corrected chi connectivity index (χ4v) is 6.87. The van der Waals surface area contributed by atoms with Crippen LogP contribution in [0.15, 0.2) is 29.3 Å². The van der Waals surface area contributed by atoms with E-state index in [0.717, 1.165) is 24.0 Å². The summed E-state index contributed by atoms with van der Waals surface area (Å²) in [5.41, 5.74) is 1.25. The van der Waals surface area contributed by atoms with Gasteiger partial charge in [-0.15, -0.1) is 0 Å². The van der Waals surface area contributed by atoms with Crippen LogP contribution in [0.25, 0.3) is 10.9 Å². The predicted octanol–water partition coefficient (Wildman–Crippen LogP) is 2.12. The Bertz CT molecular complexity index is 1230. The summed E-state index contributed by atoms with van der Waals surface area (Å²) in [7, 11) is 5.55. The third-order valence-corrected chi connectivity index (χ3v) is 8.78. The van der Waals surface area contributed by atoms with Crippen LogP contribution in [-0.4, -0.2) is 95.2 Å². The highest BCUT2D eigenvalue weighted by Crippen LogP contribution is 2.33. The molecule has 2 aliphatic heterocycles. The lowest BCUT2D eigenvalue weighted by atomic mass is 9.81. The molecule has 3 amide bonds. The molecule has 36 heavy (non-hydrogen) atoms. The average Bonchev–Trinajstić information content (AvgIpc) is 3.52. The summed E-state index contributed by atoms with van der Waals surface area (Å²) >= 11 is 7.61. The molecule has 1 saturated carbocycles. The number of nitrogens with zero attached hydrogens (tertiary/aromatic N) is 3. The number of aliphatic imine (C=N–C) groups is 1. The van der Waals surface area contributed by atoms with Crippen molar-refractivity contribution in [3.8, 4) is 0 Å². The van der Waals surface area contributed by atoms with Crippen molar-refractivity contribution >= 4 is 57.0 Å². The summed E-state index contributed by atoms with van der Waals surface area (Å²) in [6, 6.07) is 6.63. The number of H-pyrrole nitrogens is 1. The molecule has 5 rings (SSSR count). The number of amides is 3. The molecule has 1 aliphatic carbocycles. The Morgan fingerprint density at radius 3 is 2.64 bits per heavy atom. The lowest BCUT2D eigenvalue weighted by molar-refractivity contribution is -0.134. The van der Waals surface area contributed by atoms with Gasteiger partial charge in [0.1, 0.15) is 5.69 Å². The van der Waals surface area contributed by atoms with Crippen LogP contribution < -0.4 is 10.6 Å².